The van der Waals surface area contributed by atoms with Gasteiger partial charge in [0, 0.05) is 18.4 Å². The van der Waals surface area contributed by atoms with E-state index in [9.17, 15) is 0 Å². The van der Waals surface area contributed by atoms with E-state index >= 15 is 0 Å². The molecule has 0 saturated carbocycles. The molecular weight excluding hydrogens is 218 g/mol. The molecule has 0 radical (unpaired) electrons. The van der Waals surface area contributed by atoms with Gasteiger partial charge in [-0.2, -0.15) is 4.98 Å². The van der Waals surface area contributed by atoms with Gasteiger partial charge in [-0.3, -0.25) is 0 Å². The first kappa shape index (κ1) is 13.7. The van der Waals surface area contributed by atoms with Gasteiger partial charge in [0.1, 0.15) is 11.6 Å². The molecule has 0 atom stereocenters. The summed E-state index contributed by atoms with van der Waals surface area (Å²) >= 11 is 0. The van der Waals surface area contributed by atoms with Gasteiger partial charge in [-0.15, -0.1) is 0 Å². The average molecular weight is 239 g/mol. The highest BCUT2D eigenvalue weighted by Gasteiger charge is 2.20. The van der Waals surface area contributed by atoms with Gasteiger partial charge in [0.25, 0.3) is 0 Å². The maximum absolute atomic E-state index is 8.71. The van der Waals surface area contributed by atoms with Crippen molar-refractivity contribution in [3.8, 4) is 5.88 Å². The van der Waals surface area contributed by atoms with Crippen LogP contribution in [0.1, 0.15) is 38.6 Å². The molecule has 1 heterocycles. The molecule has 0 amide bonds. The Morgan fingerprint density at radius 3 is 2.47 bits per heavy atom. The molecule has 0 aliphatic heterocycles. The SMILES string of the molecule is Cc1c(N)nc(C(C)(C)C)nc1OCCCO. The van der Waals surface area contributed by atoms with E-state index < -0.39 is 0 Å². The molecule has 5 heteroatoms. The number of aliphatic hydroxyl groups excluding tert-OH is 1. The van der Waals surface area contributed by atoms with Crippen molar-refractivity contribution < 1.29 is 9.84 Å². The van der Waals surface area contributed by atoms with Gasteiger partial charge < -0.3 is 15.6 Å². The first-order chi connectivity index (χ1) is 7.86. The van der Waals surface area contributed by atoms with Crippen LogP contribution in [0.15, 0.2) is 0 Å². The summed E-state index contributed by atoms with van der Waals surface area (Å²) in [5.74, 6) is 1.62. The minimum absolute atomic E-state index is 0.103. The molecule has 0 unspecified atom stereocenters. The number of aromatic nitrogens is 2. The Hall–Kier alpha value is -1.36. The molecule has 0 saturated heterocycles. The standard InChI is InChI=1S/C12H21N3O2/c1-8-9(13)14-11(12(2,3)4)15-10(8)17-7-5-6-16/h16H,5-7H2,1-4H3,(H2,13,14,15). The highest BCUT2D eigenvalue weighted by Crippen LogP contribution is 2.25. The van der Waals surface area contributed by atoms with Gasteiger partial charge in [-0.1, -0.05) is 20.8 Å². The summed E-state index contributed by atoms with van der Waals surface area (Å²) in [6.07, 6.45) is 0.578. The van der Waals surface area contributed by atoms with E-state index in [1.807, 2.05) is 27.7 Å². The second-order valence-corrected chi connectivity index (χ2v) is 5.04. The lowest BCUT2D eigenvalue weighted by Crippen LogP contribution is -2.19. The predicted molar refractivity (Wildman–Crippen MR) is 67.1 cm³/mol. The van der Waals surface area contributed by atoms with Crippen molar-refractivity contribution >= 4 is 5.82 Å². The van der Waals surface area contributed by atoms with Crippen molar-refractivity contribution in [1.82, 2.24) is 9.97 Å². The van der Waals surface area contributed by atoms with Crippen LogP contribution < -0.4 is 10.5 Å². The number of nitrogens with zero attached hydrogens (tertiary/aromatic N) is 2. The fraction of sp³-hybridized carbons (Fsp3) is 0.667. The van der Waals surface area contributed by atoms with Crippen molar-refractivity contribution in [2.45, 2.75) is 39.5 Å². The third-order valence-electron chi connectivity index (χ3n) is 2.35. The third-order valence-corrected chi connectivity index (χ3v) is 2.35. The van der Waals surface area contributed by atoms with E-state index in [1.54, 1.807) is 0 Å². The van der Waals surface area contributed by atoms with E-state index in [0.717, 1.165) is 5.56 Å². The lowest BCUT2D eigenvalue weighted by atomic mass is 9.95. The smallest absolute Gasteiger partial charge is 0.221 e. The maximum Gasteiger partial charge on any atom is 0.221 e. The Balaban J connectivity index is 2.99. The quantitative estimate of drug-likeness (QED) is 0.777. The van der Waals surface area contributed by atoms with Crippen molar-refractivity contribution in [2.75, 3.05) is 18.9 Å². The summed E-state index contributed by atoms with van der Waals surface area (Å²) in [4.78, 5) is 8.65. The second-order valence-electron chi connectivity index (χ2n) is 5.04. The number of nitrogens with two attached hydrogens (primary N) is 1. The van der Waals surface area contributed by atoms with Crippen molar-refractivity contribution in [3.05, 3.63) is 11.4 Å². The van der Waals surface area contributed by atoms with Gasteiger partial charge in [0.15, 0.2) is 0 Å². The fourth-order valence-corrected chi connectivity index (χ4v) is 1.22. The van der Waals surface area contributed by atoms with Gasteiger partial charge in [0.05, 0.1) is 12.2 Å². The fourth-order valence-electron chi connectivity index (χ4n) is 1.22. The summed E-state index contributed by atoms with van der Waals surface area (Å²) in [5, 5.41) is 8.71. The first-order valence-electron chi connectivity index (χ1n) is 5.74. The van der Waals surface area contributed by atoms with E-state index in [4.69, 9.17) is 15.6 Å². The molecular formula is C12H21N3O2. The van der Waals surface area contributed by atoms with E-state index in [1.165, 1.54) is 0 Å². The molecule has 0 aromatic carbocycles. The van der Waals surface area contributed by atoms with Crippen LogP contribution in [0.25, 0.3) is 0 Å². The Morgan fingerprint density at radius 2 is 1.94 bits per heavy atom. The Bertz CT molecular complexity index is 386. The van der Waals surface area contributed by atoms with Crippen LogP contribution in [0.4, 0.5) is 5.82 Å². The third kappa shape index (κ3) is 3.56. The number of anilines is 1. The molecule has 1 rings (SSSR count). The normalized spacial score (nSPS) is 11.6. The molecule has 0 spiro atoms. The zero-order chi connectivity index (χ0) is 13.1. The molecule has 0 aliphatic carbocycles. The number of nitrogen functional groups attached to an aromatic ring is 1. The molecule has 3 N–H and O–H groups in total. The van der Waals surface area contributed by atoms with Gasteiger partial charge in [-0.05, 0) is 6.92 Å². The number of hydrogen-bond donors (Lipinski definition) is 2. The van der Waals surface area contributed by atoms with E-state index in [2.05, 4.69) is 9.97 Å². The first-order valence-corrected chi connectivity index (χ1v) is 5.74. The number of hydrogen-bond acceptors (Lipinski definition) is 5. The number of aliphatic hydroxyl groups is 1. The summed E-state index contributed by atoms with van der Waals surface area (Å²) < 4.78 is 5.50. The monoisotopic (exact) mass is 239 g/mol. The van der Waals surface area contributed by atoms with Crippen LogP contribution in [0.3, 0.4) is 0 Å². The molecule has 0 aliphatic rings. The lowest BCUT2D eigenvalue weighted by molar-refractivity contribution is 0.227. The molecule has 1 aromatic heterocycles. The van der Waals surface area contributed by atoms with Gasteiger partial charge >= 0.3 is 0 Å². The highest BCUT2D eigenvalue weighted by molar-refractivity contribution is 5.45. The van der Waals surface area contributed by atoms with Crippen LogP contribution in [0.5, 0.6) is 5.88 Å². The van der Waals surface area contributed by atoms with Crippen molar-refractivity contribution in [2.24, 2.45) is 0 Å². The maximum atomic E-state index is 8.71. The minimum Gasteiger partial charge on any atom is -0.477 e. The summed E-state index contributed by atoms with van der Waals surface area (Å²) in [7, 11) is 0. The van der Waals surface area contributed by atoms with Crippen LogP contribution in [0, 0.1) is 6.92 Å². The zero-order valence-electron chi connectivity index (χ0n) is 10.9. The lowest BCUT2D eigenvalue weighted by Gasteiger charge is -2.19. The van der Waals surface area contributed by atoms with Gasteiger partial charge in [0.2, 0.25) is 5.88 Å². The summed E-state index contributed by atoms with van der Waals surface area (Å²) in [6, 6.07) is 0. The van der Waals surface area contributed by atoms with Crippen LogP contribution in [0.2, 0.25) is 0 Å². The van der Waals surface area contributed by atoms with Crippen LogP contribution in [-0.4, -0.2) is 28.3 Å². The van der Waals surface area contributed by atoms with Crippen LogP contribution >= 0.6 is 0 Å². The van der Waals surface area contributed by atoms with E-state index in [-0.39, 0.29) is 12.0 Å². The number of rotatable bonds is 4. The Labute approximate surface area is 102 Å². The van der Waals surface area contributed by atoms with Crippen molar-refractivity contribution in [1.29, 1.82) is 0 Å². The van der Waals surface area contributed by atoms with Gasteiger partial charge in [-0.25, -0.2) is 4.98 Å². The van der Waals surface area contributed by atoms with E-state index in [0.29, 0.717) is 30.5 Å². The minimum atomic E-state index is -0.170. The summed E-state index contributed by atoms with van der Waals surface area (Å²) in [5.41, 5.74) is 6.42. The molecule has 17 heavy (non-hydrogen) atoms. The average Bonchev–Trinajstić information content (AvgIpc) is 2.22. The Kier molecular flexibility index (Phi) is 4.28. The second kappa shape index (κ2) is 5.31. The topological polar surface area (TPSA) is 81.3 Å². The number of ether oxygens (including phenoxy) is 1. The van der Waals surface area contributed by atoms with Crippen LogP contribution in [-0.2, 0) is 5.41 Å². The molecule has 0 bridgehead atoms. The predicted octanol–water partition coefficient (Wildman–Crippen LogP) is 1.43. The molecule has 96 valence electrons. The highest BCUT2D eigenvalue weighted by atomic mass is 16.5. The van der Waals surface area contributed by atoms with Crippen molar-refractivity contribution in [3.63, 3.8) is 0 Å². The zero-order valence-corrected chi connectivity index (χ0v) is 10.9. The molecule has 0 fully saturated rings. The molecule has 5 nitrogen and oxygen atoms in total. The molecule has 1 aromatic rings. The Morgan fingerprint density at radius 1 is 1.29 bits per heavy atom. The summed E-state index contributed by atoms with van der Waals surface area (Å²) in [6.45, 7) is 8.43. The largest absolute Gasteiger partial charge is 0.477 e.